The standard InChI is InChI=1S/C10H20O6.C6H14O4/c1-2-16-10(12)9-15-8-7-14-6-5-13-4-3-11;7-1-3-9-5-6-10-4-2-8/h11H,2-9H2,1H3;7-8H,1-6H2. The van der Waals surface area contributed by atoms with Crippen molar-refractivity contribution in [1.82, 2.24) is 0 Å². The molecule has 26 heavy (non-hydrogen) atoms. The van der Waals surface area contributed by atoms with Crippen LogP contribution < -0.4 is 0 Å². The average Bonchev–Trinajstić information content (AvgIpc) is 2.64. The zero-order valence-electron chi connectivity index (χ0n) is 15.6. The van der Waals surface area contributed by atoms with Gasteiger partial charge in [-0.15, -0.1) is 0 Å². The van der Waals surface area contributed by atoms with Gasteiger partial charge in [0.05, 0.1) is 85.9 Å². The van der Waals surface area contributed by atoms with Crippen molar-refractivity contribution in [1.29, 1.82) is 0 Å². The molecule has 0 rings (SSSR count). The summed E-state index contributed by atoms with van der Waals surface area (Å²) in [4.78, 5) is 10.8. The van der Waals surface area contributed by atoms with Crippen molar-refractivity contribution in [2.75, 3.05) is 92.5 Å². The molecule has 0 fully saturated rings. The van der Waals surface area contributed by atoms with Crippen LogP contribution in [0.4, 0.5) is 0 Å². The summed E-state index contributed by atoms with van der Waals surface area (Å²) in [5.41, 5.74) is 0. The van der Waals surface area contributed by atoms with Crippen molar-refractivity contribution in [3.05, 3.63) is 0 Å². The average molecular weight is 386 g/mol. The summed E-state index contributed by atoms with van der Waals surface area (Å²) in [6.07, 6.45) is 0. The molecule has 10 heteroatoms. The predicted octanol–water partition coefficient (Wildman–Crippen LogP) is -1.40. The Balaban J connectivity index is 0. The van der Waals surface area contributed by atoms with Crippen LogP contribution in [0.2, 0.25) is 0 Å². The Labute approximate surface area is 154 Å². The maximum absolute atomic E-state index is 10.8. The lowest BCUT2D eigenvalue weighted by Gasteiger charge is -2.05. The third kappa shape index (κ3) is 28.0. The molecule has 0 atom stereocenters. The highest BCUT2D eigenvalue weighted by Gasteiger charge is 2.00. The van der Waals surface area contributed by atoms with Gasteiger partial charge in [-0.25, -0.2) is 4.79 Å². The smallest absolute Gasteiger partial charge is 0.332 e. The molecule has 0 unspecified atom stereocenters. The van der Waals surface area contributed by atoms with Crippen molar-refractivity contribution >= 4 is 5.97 Å². The van der Waals surface area contributed by atoms with Crippen LogP contribution in [0.1, 0.15) is 6.92 Å². The van der Waals surface area contributed by atoms with Gasteiger partial charge in [-0.3, -0.25) is 0 Å². The minimum absolute atomic E-state index is 0.0165. The van der Waals surface area contributed by atoms with Crippen molar-refractivity contribution in [3.8, 4) is 0 Å². The van der Waals surface area contributed by atoms with E-state index in [0.29, 0.717) is 66.1 Å². The molecule has 0 aliphatic carbocycles. The Hall–Kier alpha value is -0.850. The molecule has 0 radical (unpaired) electrons. The number of carbonyl (C=O) groups excluding carboxylic acids is 1. The fourth-order valence-electron chi connectivity index (χ4n) is 1.31. The van der Waals surface area contributed by atoms with Crippen LogP contribution in [0.25, 0.3) is 0 Å². The van der Waals surface area contributed by atoms with Crippen molar-refractivity contribution < 1.29 is 48.5 Å². The van der Waals surface area contributed by atoms with Crippen LogP contribution in [0.5, 0.6) is 0 Å². The monoisotopic (exact) mass is 386 g/mol. The van der Waals surface area contributed by atoms with E-state index in [9.17, 15) is 4.79 Å². The van der Waals surface area contributed by atoms with Crippen LogP contribution in [0.3, 0.4) is 0 Å². The van der Waals surface area contributed by atoms with Crippen molar-refractivity contribution in [2.24, 2.45) is 0 Å². The summed E-state index contributed by atoms with van der Waals surface area (Å²) >= 11 is 0. The molecular weight excluding hydrogens is 352 g/mol. The Bertz CT molecular complexity index is 257. The lowest BCUT2D eigenvalue weighted by molar-refractivity contribution is -0.149. The van der Waals surface area contributed by atoms with E-state index < -0.39 is 0 Å². The first-order valence-corrected chi connectivity index (χ1v) is 8.59. The molecule has 0 aliphatic heterocycles. The second-order valence-electron chi connectivity index (χ2n) is 4.48. The summed E-state index contributed by atoms with van der Waals surface area (Å²) in [7, 11) is 0. The minimum Gasteiger partial charge on any atom is -0.464 e. The zero-order valence-corrected chi connectivity index (χ0v) is 15.6. The van der Waals surface area contributed by atoms with Gasteiger partial charge in [0, 0.05) is 0 Å². The van der Waals surface area contributed by atoms with Crippen molar-refractivity contribution in [2.45, 2.75) is 6.92 Å². The quantitative estimate of drug-likeness (QED) is 0.191. The van der Waals surface area contributed by atoms with Gasteiger partial charge < -0.3 is 43.7 Å². The van der Waals surface area contributed by atoms with Crippen LogP contribution in [-0.4, -0.2) is 114 Å². The van der Waals surface area contributed by atoms with E-state index in [1.54, 1.807) is 6.92 Å². The highest BCUT2D eigenvalue weighted by atomic mass is 16.6. The largest absolute Gasteiger partial charge is 0.464 e. The Morgan fingerprint density at radius 2 is 0.962 bits per heavy atom. The molecule has 0 saturated heterocycles. The van der Waals surface area contributed by atoms with Gasteiger partial charge in [0.1, 0.15) is 6.61 Å². The number of esters is 1. The van der Waals surface area contributed by atoms with E-state index >= 15 is 0 Å². The fourth-order valence-corrected chi connectivity index (χ4v) is 1.31. The second-order valence-corrected chi connectivity index (χ2v) is 4.48. The van der Waals surface area contributed by atoms with E-state index in [1.165, 1.54) is 0 Å². The summed E-state index contributed by atoms with van der Waals surface area (Å²) in [5, 5.41) is 24.9. The van der Waals surface area contributed by atoms with Gasteiger partial charge in [0.25, 0.3) is 0 Å². The number of carbonyl (C=O) groups is 1. The Morgan fingerprint density at radius 1 is 0.615 bits per heavy atom. The third-order valence-electron chi connectivity index (χ3n) is 2.35. The summed E-state index contributed by atoms with van der Waals surface area (Å²) in [5.74, 6) is -0.367. The number of aliphatic hydroxyl groups is 3. The summed E-state index contributed by atoms with van der Waals surface area (Å²) in [6, 6.07) is 0. The number of ether oxygens (including phenoxy) is 6. The minimum atomic E-state index is -0.367. The van der Waals surface area contributed by atoms with Gasteiger partial charge in [-0.05, 0) is 6.92 Å². The van der Waals surface area contributed by atoms with E-state index in [2.05, 4.69) is 4.74 Å². The third-order valence-corrected chi connectivity index (χ3v) is 2.35. The lowest BCUT2D eigenvalue weighted by atomic mass is 10.7. The van der Waals surface area contributed by atoms with E-state index in [1.807, 2.05) is 0 Å². The van der Waals surface area contributed by atoms with Gasteiger partial charge in [0.15, 0.2) is 0 Å². The maximum atomic E-state index is 10.8. The molecule has 0 spiro atoms. The van der Waals surface area contributed by atoms with Crippen molar-refractivity contribution in [3.63, 3.8) is 0 Å². The van der Waals surface area contributed by atoms with Gasteiger partial charge in [-0.1, -0.05) is 0 Å². The first kappa shape index (κ1) is 27.4. The molecule has 3 N–H and O–H groups in total. The number of hydrogen-bond acceptors (Lipinski definition) is 10. The number of hydrogen-bond donors (Lipinski definition) is 3. The van der Waals surface area contributed by atoms with Crippen LogP contribution in [-0.2, 0) is 33.2 Å². The molecule has 0 aliphatic rings. The molecule has 0 aromatic heterocycles. The molecule has 0 bridgehead atoms. The Kier molecular flexibility index (Phi) is 27.8. The SMILES string of the molecule is CCOC(=O)COCCOCCOCCO.OCCOCCOCCO. The first-order valence-electron chi connectivity index (χ1n) is 8.59. The molecule has 0 amide bonds. The summed E-state index contributed by atoms with van der Waals surface area (Å²) in [6.45, 7) is 5.77. The predicted molar refractivity (Wildman–Crippen MR) is 92.0 cm³/mol. The molecule has 10 nitrogen and oxygen atoms in total. The first-order chi connectivity index (χ1) is 12.7. The van der Waals surface area contributed by atoms with Crippen LogP contribution in [0, 0.1) is 0 Å². The number of aliphatic hydroxyl groups excluding tert-OH is 3. The van der Waals surface area contributed by atoms with Gasteiger partial charge >= 0.3 is 5.97 Å². The maximum Gasteiger partial charge on any atom is 0.332 e. The molecular formula is C16H34O10. The normalized spacial score (nSPS) is 10.3. The molecule has 0 aromatic rings. The van der Waals surface area contributed by atoms with Crippen LogP contribution in [0.15, 0.2) is 0 Å². The molecule has 158 valence electrons. The summed E-state index contributed by atoms with van der Waals surface area (Å²) < 4.78 is 29.5. The molecule has 0 saturated carbocycles. The highest BCUT2D eigenvalue weighted by molar-refractivity contribution is 5.70. The van der Waals surface area contributed by atoms with Gasteiger partial charge in [0.2, 0.25) is 0 Å². The fraction of sp³-hybridized carbons (Fsp3) is 0.938. The topological polar surface area (TPSA) is 133 Å². The number of rotatable bonds is 18. The van der Waals surface area contributed by atoms with Crippen LogP contribution >= 0.6 is 0 Å². The highest BCUT2D eigenvalue weighted by Crippen LogP contribution is 1.83. The zero-order chi connectivity index (χ0) is 19.7. The molecule has 0 heterocycles. The Morgan fingerprint density at radius 3 is 1.31 bits per heavy atom. The van der Waals surface area contributed by atoms with Gasteiger partial charge in [-0.2, -0.15) is 0 Å². The van der Waals surface area contributed by atoms with E-state index in [-0.39, 0.29) is 32.4 Å². The van der Waals surface area contributed by atoms with E-state index in [4.69, 9.17) is 39.0 Å². The van der Waals surface area contributed by atoms with E-state index in [0.717, 1.165) is 0 Å². The molecule has 0 aromatic carbocycles. The second kappa shape index (κ2) is 26.4. The lowest BCUT2D eigenvalue weighted by Crippen LogP contribution is -2.16.